The highest BCUT2D eigenvalue weighted by atomic mass is 79.9. The third-order valence-corrected chi connectivity index (χ3v) is 4.00. The second-order valence-corrected chi connectivity index (χ2v) is 5.51. The third-order valence-electron chi connectivity index (χ3n) is 3.31. The zero-order valence-corrected chi connectivity index (χ0v) is 12.8. The molecule has 1 aromatic rings. The lowest BCUT2D eigenvalue weighted by molar-refractivity contribution is -0.141. The number of carbonyl (C=O) groups excluding carboxylic acids is 1. The molecule has 0 spiro atoms. The van der Waals surface area contributed by atoms with E-state index in [2.05, 4.69) is 21.2 Å². The fourth-order valence-corrected chi connectivity index (χ4v) is 2.55. The Hall–Kier alpha value is -1.67. The van der Waals surface area contributed by atoms with Gasteiger partial charge in [0.15, 0.2) is 0 Å². The van der Waals surface area contributed by atoms with Crippen LogP contribution in [0.25, 0.3) is 0 Å². The summed E-state index contributed by atoms with van der Waals surface area (Å²) in [5.41, 5.74) is 0.241. The van der Waals surface area contributed by atoms with Gasteiger partial charge in [0.2, 0.25) is 0 Å². The zero-order valence-electron chi connectivity index (χ0n) is 11.2. The van der Waals surface area contributed by atoms with E-state index in [9.17, 15) is 14.0 Å². The smallest absolute Gasteiger partial charge is 0.326 e. The fraction of sp³-hybridized carbons (Fsp3) is 0.385. The highest BCUT2D eigenvalue weighted by molar-refractivity contribution is 9.10. The lowest BCUT2D eigenvalue weighted by atomic mass is 10.2. The van der Waals surface area contributed by atoms with Crippen molar-refractivity contribution < 1.29 is 23.8 Å². The van der Waals surface area contributed by atoms with E-state index < -0.39 is 23.9 Å². The average molecular weight is 361 g/mol. The van der Waals surface area contributed by atoms with Gasteiger partial charge in [0, 0.05) is 24.5 Å². The molecule has 2 N–H and O–H groups in total. The Bertz CT molecular complexity index is 569. The Morgan fingerprint density at radius 1 is 1.52 bits per heavy atom. The highest BCUT2D eigenvalue weighted by Crippen LogP contribution is 2.26. The van der Waals surface area contributed by atoms with Gasteiger partial charge < -0.3 is 20.1 Å². The van der Waals surface area contributed by atoms with Gasteiger partial charge in [-0.25, -0.2) is 14.0 Å². The molecule has 2 atom stereocenters. The summed E-state index contributed by atoms with van der Waals surface area (Å²) in [6.45, 7) is 0.173. The van der Waals surface area contributed by atoms with E-state index in [1.807, 2.05) is 0 Å². The number of carboxylic acid groups (broad SMARTS) is 1. The molecule has 2 amide bonds. The minimum Gasteiger partial charge on any atom is -0.480 e. The number of rotatable bonds is 3. The molecule has 2 unspecified atom stereocenters. The minimum absolute atomic E-state index is 0.173. The van der Waals surface area contributed by atoms with Crippen LogP contribution in [0.5, 0.6) is 0 Å². The van der Waals surface area contributed by atoms with Crippen LogP contribution in [0.4, 0.5) is 14.9 Å². The summed E-state index contributed by atoms with van der Waals surface area (Å²) in [6, 6.07) is 2.30. The lowest BCUT2D eigenvalue weighted by Crippen LogP contribution is -2.43. The van der Waals surface area contributed by atoms with Crippen LogP contribution in [0.15, 0.2) is 22.7 Å². The molecule has 0 bridgehead atoms. The molecule has 6 nitrogen and oxygen atoms in total. The Morgan fingerprint density at radius 3 is 2.86 bits per heavy atom. The summed E-state index contributed by atoms with van der Waals surface area (Å²) in [6.07, 6.45) is -0.100. The minimum atomic E-state index is -1.09. The number of hydrogen-bond acceptors (Lipinski definition) is 3. The number of carbonyl (C=O) groups is 2. The maximum Gasteiger partial charge on any atom is 0.326 e. The second kappa shape index (κ2) is 6.40. The molecule has 0 aromatic heterocycles. The van der Waals surface area contributed by atoms with Crippen molar-refractivity contribution in [2.24, 2.45) is 0 Å². The maximum atomic E-state index is 13.2. The maximum absolute atomic E-state index is 13.2. The molecular formula is C13H14BrFN2O4. The van der Waals surface area contributed by atoms with E-state index in [0.29, 0.717) is 4.47 Å². The van der Waals surface area contributed by atoms with Crippen molar-refractivity contribution in [2.45, 2.75) is 18.6 Å². The standard InChI is InChI=1S/C13H14BrFN2O4/c1-21-8-5-11(12(18)19)17(6-8)13(20)16-10-4-7(15)2-3-9(10)14/h2-4,8,11H,5-6H2,1H3,(H,16,20)(H,18,19). The first-order valence-electron chi connectivity index (χ1n) is 6.20. The van der Waals surface area contributed by atoms with Crippen molar-refractivity contribution in [2.75, 3.05) is 19.0 Å². The summed E-state index contributed by atoms with van der Waals surface area (Å²) in [4.78, 5) is 24.6. The average Bonchev–Trinajstić information content (AvgIpc) is 2.87. The van der Waals surface area contributed by atoms with Gasteiger partial charge in [-0.1, -0.05) is 0 Å². The Labute approximate surface area is 129 Å². The second-order valence-electron chi connectivity index (χ2n) is 4.65. The van der Waals surface area contributed by atoms with Crippen LogP contribution in [-0.4, -0.2) is 47.8 Å². The van der Waals surface area contributed by atoms with E-state index in [1.54, 1.807) is 0 Å². The molecule has 1 fully saturated rings. The van der Waals surface area contributed by atoms with Gasteiger partial charge in [-0.05, 0) is 34.1 Å². The molecule has 1 aliphatic rings. The van der Waals surface area contributed by atoms with Gasteiger partial charge in [0.1, 0.15) is 11.9 Å². The number of urea groups is 1. The summed E-state index contributed by atoms with van der Waals surface area (Å²) >= 11 is 3.20. The van der Waals surface area contributed by atoms with E-state index in [-0.39, 0.29) is 24.8 Å². The Morgan fingerprint density at radius 2 is 2.24 bits per heavy atom. The molecule has 1 aliphatic heterocycles. The van der Waals surface area contributed by atoms with Crippen LogP contribution in [0, 0.1) is 5.82 Å². The molecular weight excluding hydrogens is 347 g/mol. The summed E-state index contributed by atoms with van der Waals surface area (Å²) in [7, 11) is 1.47. The lowest BCUT2D eigenvalue weighted by Gasteiger charge is -2.22. The molecule has 0 radical (unpaired) electrons. The van der Waals surface area contributed by atoms with Crippen LogP contribution >= 0.6 is 15.9 Å². The van der Waals surface area contributed by atoms with Crippen molar-refractivity contribution in [3.8, 4) is 0 Å². The van der Waals surface area contributed by atoms with Gasteiger partial charge >= 0.3 is 12.0 Å². The largest absolute Gasteiger partial charge is 0.480 e. The summed E-state index contributed by atoms with van der Waals surface area (Å²) in [5, 5.41) is 11.7. The van der Waals surface area contributed by atoms with Crippen LogP contribution < -0.4 is 5.32 Å². The predicted molar refractivity (Wildman–Crippen MR) is 76.7 cm³/mol. The van der Waals surface area contributed by atoms with Crippen LogP contribution in [0.3, 0.4) is 0 Å². The highest BCUT2D eigenvalue weighted by Gasteiger charge is 2.40. The number of ether oxygens (including phenoxy) is 1. The van der Waals surface area contributed by atoms with Crippen molar-refractivity contribution in [3.63, 3.8) is 0 Å². The number of aliphatic carboxylic acids is 1. The van der Waals surface area contributed by atoms with Gasteiger partial charge in [0.25, 0.3) is 0 Å². The SMILES string of the molecule is COC1CC(C(=O)O)N(C(=O)Nc2cc(F)ccc2Br)C1. The van der Waals surface area contributed by atoms with E-state index in [1.165, 1.54) is 24.1 Å². The molecule has 114 valence electrons. The number of methoxy groups -OCH3 is 1. The Kier molecular flexibility index (Phi) is 4.79. The first-order chi connectivity index (χ1) is 9.92. The fourth-order valence-electron chi connectivity index (χ4n) is 2.21. The molecule has 1 heterocycles. The number of nitrogens with one attached hydrogen (secondary N) is 1. The van der Waals surface area contributed by atoms with Crippen molar-refractivity contribution in [1.82, 2.24) is 4.90 Å². The topological polar surface area (TPSA) is 78.9 Å². The van der Waals surface area contributed by atoms with Gasteiger partial charge in [-0.3, -0.25) is 0 Å². The van der Waals surface area contributed by atoms with Crippen LogP contribution in [0.1, 0.15) is 6.42 Å². The molecule has 1 aromatic carbocycles. The van der Waals surface area contributed by atoms with Crippen molar-refractivity contribution in [1.29, 1.82) is 0 Å². The zero-order chi connectivity index (χ0) is 15.6. The first kappa shape index (κ1) is 15.7. The normalized spacial score (nSPS) is 21.4. The van der Waals surface area contributed by atoms with E-state index in [0.717, 1.165) is 6.07 Å². The number of amides is 2. The molecule has 1 saturated heterocycles. The monoisotopic (exact) mass is 360 g/mol. The van der Waals surface area contributed by atoms with Crippen molar-refractivity contribution >= 4 is 33.6 Å². The number of anilines is 1. The number of benzene rings is 1. The first-order valence-corrected chi connectivity index (χ1v) is 7.00. The predicted octanol–water partition coefficient (Wildman–Crippen LogP) is 2.29. The molecule has 21 heavy (non-hydrogen) atoms. The number of nitrogens with zero attached hydrogens (tertiary/aromatic N) is 1. The molecule has 8 heteroatoms. The van der Waals surface area contributed by atoms with Gasteiger partial charge in [-0.15, -0.1) is 0 Å². The third kappa shape index (κ3) is 3.51. The molecule has 0 saturated carbocycles. The quantitative estimate of drug-likeness (QED) is 0.866. The van der Waals surface area contributed by atoms with E-state index in [4.69, 9.17) is 9.84 Å². The summed E-state index contributed by atoms with van der Waals surface area (Å²) < 4.78 is 18.8. The Balaban J connectivity index is 2.15. The summed E-state index contributed by atoms with van der Waals surface area (Å²) in [5.74, 6) is -1.59. The van der Waals surface area contributed by atoms with Gasteiger partial charge in [0.05, 0.1) is 11.8 Å². The van der Waals surface area contributed by atoms with Crippen LogP contribution in [-0.2, 0) is 9.53 Å². The van der Waals surface area contributed by atoms with Gasteiger partial charge in [-0.2, -0.15) is 0 Å². The van der Waals surface area contributed by atoms with E-state index >= 15 is 0 Å². The van der Waals surface area contributed by atoms with Crippen LogP contribution in [0.2, 0.25) is 0 Å². The molecule has 0 aliphatic carbocycles. The number of hydrogen-bond donors (Lipinski definition) is 2. The van der Waals surface area contributed by atoms with Crippen molar-refractivity contribution in [3.05, 3.63) is 28.5 Å². The molecule has 2 rings (SSSR count). The number of carboxylic acids is 1. The number of likely N-dealkylation sites (tertiary alicyclic amines) is 1. The number of halogens is 2.